The molecule has 2 heteroatoms. The van der Waals surface area contributed by atoms with Crippen LogP contribution in [-0.2, 0) is 5.41 Å². The third-order valence-electron chi connectivity index (χ3n) is 11.5. The van der Waals surface area contributed by atoms with E-state index in [0.29, 0.717) is 0 Å². The van der Waals surface area contributed by atoms with Crippen LogP contribution < -0.4 is 4.90 Å². The van der Waals surface area contributed by atoms with Crippen LogP contribution in [0.3, 0.4) is 0 Å². The molecule has 9 aromatic carbocycles. The lowest BCUT2D eigenvalue weighted by molar-refractivity contribution is 0.590. The van der Waals surface area contributed by atoms with Crippen LogP contribution in [0.2, 0.25) is 0 Å². The number of aromatic nitrogens is 1. The van der Waals surface area contributed by atoms with Gasteiger partial charge in [0, 0.05) is 39.0 Å². The van der Waals surface area contributed by atoms with Gasteiger partial charge in [-0.25, -0.2) is 0 Å². The molecule has 10 aromatic rings. The van der Waals surface area contributed by atoms with Crippen molar-refractivity contribution in [2.75, 3.05) is 4.90 Å². The fourth-order valence-corrected chi connectivity index (χ4v) is 8.77. The van der Waals surface area contributed by atoms with Gasteiger partial charge in [0.15, 0.2) is 0 Å². The summed E-state index contributed by atoms with van der Waals surface area (Å²) in [5, 5.41) is 4.96. The number of benzene rings is 9. The van der Waals surface area contributed by atoms with E-state index >= 15 is 0 Å². The number of anilines is 3. The van der Waals surface area contributed by atoms with Crippen molar-refractivity contribution in [3.63, 3.8) is 0 Å². The topological polar surface area (TPSA) is 8.17 Å². The highest BCUT2D eigenvalue weighted by molar-refractivity contribution is 6.14. The molecule has 0 saturated carbocycles. The first-order valence-corrected chi connectivity index (χ1v) is 20.2. The lowest BCUT2D eigenvalue weighted by Gasteiger charge is -2.29. The van der Waals surface area contributed by atoms with Crippen LogP contribution in [0.5, 0.6) is 0 Å². The van der Waals surface area contributed by atoms with Crippen LogP contribution in [0.15, 0.2) is 212 Å². The SMILES string of the molecule is CC(C)(C)c1ccc(N(c2cccc(-c3cccc4c5ccccc5n(-c5ccccc5)c34)c2)c2ccccc2-c2cccc3cccc(-c4ccccc4)c23)cc1. The third kappa shape index (κ3) is 6.15. The molecule has 0 bridgehead atoms. The monoisotopic (exact) mass is 744 g/mol. The molecule has 278 valence electrons. The Labute approximate surface area is 340 Å². The van der Waals surface area contributed by atoms with Crippen LogP contribution in [0.1, 0.15) is 26.3 Å². The average molecular weight is 745 g/mol. The van der Waals surface area contributed by atoms with Gasteiger partial charge < -0.3 is 9.47 Å². The minimum Gasteiger partial charge on any atom is -0.310 e. The summed E-state index contributed by atoms with van der Waals surface area (Å²) in [5.41, 5.74) is 15.4. The van der Waals surface area contributed by atoms with Crippen LogP contribution in [-0.4, -0.2) is 4.57 Å². The predicted octanol–water partition coefficient (Wildman–Crippen LogP) is 15.7. The Morgan fingerprint density at radius 3 is 1.78 bits per heavy atom. The van der Waals surface area contributed by atoms with E-state index in [1.807, 2.05) is 0 Å². The minimum atomic E-state index is 0.0356. The predicted molar refractivity (Wildman–Crippen MR) is 248 cm³/mol. The van der Waals surface area contributed by atoms with Gasteiger partial charge in [-0.1, -0.05) is 185 Å². The number of nitrogens with zero attached hydrogens (tertiary/aromatic N) is 2. The van der Waals surface area contributed by atoms with E-state index in [2.05, 4.69) is 243 Å². The maximum atomic E-state index is 2.45. The zero-order valence-corrected chi connectivity index (χ0v) is 33.1. The Bertz CT molecular complexity index is 3070. The van der Waals surface area contributed by atoms with Crippen LogP contribution >= 0.6 is 0 Å². The van der Waals surface area contributed by atoms with E-state index in [9.17, 15) is 0 Å². The number of hydrogen-bond acceptors (Lipinski definition) is 1. The molecule has 0 aliphatic rings. The fraction of sp³-hybridized carbons (Fsp3) is 0.0714. The molecule has 1 heterocycles. The molecular formula is C56H44N2. The number of fused-ring (bicyclic) bond motifs is 4. The lowest BCUT2D eigenvalue weighted by atomic mass is 9.87. The zero-order valence-electron chi connectivity index (χ0n) is 33.1. The normalized spacial score (nSPS) is 11.7. The minimum absolute atomic E-state index is 0.0356. The quantitative estimate of drug-likeness (QED) is 0.158. The van der Waals surface area contributed by atoms with Gasteiger partial charge in [0.1, 0.15) is 0 Å². The van der Waals surface area contributed by atoms with E-state index < -0.39 is 0 Å². The molecule has 0 amide bonds. The van der Waals surface area contributed by atoms with Crippen molar-refractivity contribution in [2.24, 2.45) is 0 Å². The summed E-state index contributed by atoms with van der Waals surface area (Å²) in [4.78, 5) is 2.45. The number of rotatable bonds is 7. The zero-order chi connectivity index (χ0) is 39.2. The molecule has 58 heavy (non-hydrogen) atoms. The third-order valence-corrected chi connectivity index (χ3v) is 11.5. The largest absolute Gasteiger partial charge is 0.310 e. The Hall–Kier alpha value is -7.16. The van der Waals surface area contributed by atoms with Crippen molar-refractivity contribution in [3.8, 4) is 39.1 Å². The second-order valence-corrected chi connectivity index (χ2v) is 16.2. The Balaban J connectivity index is 1.21. The van der Waals surface area contributed by atoms with Gasteiger partial charge in [0.25, 0.3) is 0 Å². The van der Waals surface area contributed by atoms with Crippen molar-refractivity contribution in [1.29, 1.82) is 0 Å². The van der Waals surface area contributed by atoms with Gasteiger partial charge >= 0.3 is 0 Å². The van der Waals surface area contributed by atoms with Crippen molar-refractivity contribution in [3.05, 3.63) is 218 Å². The molecule has 0 saturated heterocycles. The van der Waals surface area contributed by atoms with Gasteiger partial charge in [-0.2, -0.15) is 0 Å². The van der Waals surface area contributed by atoms with Crippen molar-refractivity contribution < 1.29 is 0 Å². The smallest absolute Gasteiger partial charge is 0.0619 e. The molecule has 1 aromatic heterocycles. The molecule has 0 spiro atoms. The summed E-state index contributed by atoms with van der Waals surface area (Å²) in [6.45, 7) is 6.83. The highest BCUT2D eigenvalue weighted by Gasteiger charge is 2.22. The fourth-order valence-electron chi connectivity index (χ4n) is 8.77. The Morgan fingerprint density at radius 1 is 0.414 bits per heavy atom. The molecule has 0 aliphatic heterocycles. The molecule has 0 atom stereocenters. The van der Waals surface area contributed by atoms with Crippen LogP contribution in [0.25, 0.3) is 71.6 Å². The second-order valence-electron chi connectivity index (χ2n) is 16.2. The molecule has 0 N–H and O–H groups in total. The van der Waals surface area contributed by atoms with Gasteiger partial charge in [0.2, 0.25) is 0 Å². The van der Waals surface area contributed by atoms with E-state index in [4.69, 9.17) is 0 Å². The van der Waals surface area contributed by atoms with Gasteiger partial charge in [-0.3, -0.25) is 0 Å². The van der Waals surface area contributed by atoms with E-state index in [0.717, 1.165) is 28.3 Å². The number of para-hydroxylation sites is 4. The molecule has 0 fully saturated rings. The summed E-state index contributed by atoms with van der Waals surface area (Å²) in [7, 11) is 0. The maximum Gasteiger partial charge on any atom is 0.0619 e. The Morgan fingerprint density at radius 2 is 1.00 bits per heavy atom. The van der Waals surface area contributed by atoms with Crippen molar-refractivity contribution in [2.45, 2.75) is 26.2 Å². The highest BCUT2D eigenvalue weighted by Crippen LogP contribution is 2.46. The lowest BCUT2D eigenvalue weighted by Crippen LogP contribution is -2.14. The van der Waals surface area contributed by atoms with Gasteiger partial charge in [-0.05, 0) is 92.5 Å². The van der Waals surface area contributed by atoms with Crippen LogP contribution in [0, 0.1) is 0 Å². The molecule has 0 unspecified atom stereocenters. The second kappa shape index (κ2) is 14.4. The van der Waals surface area contributed by atoms with E-state index in [1.165, 1.54) is 66.0 Å². The molecule has 0 radical (unpaired) electrons. The highest BCUT2D eigenvalue weighted by atomic mass is 15.1. The van der Waals surface area contributed by atoms with Crippen molar-refractivity contribution in [1.82, 2.24) is 4.57 Å². The molecular weight excluding hydrogens is 701 g/mol. The van der Waals surface area contributed by atoms with Gasteiger partial charge in [0.05, 0.1) is 16.7 Å². The van der Waals surface area contributed by atoms with E-state index in [-0.39, 0.29) is 5.41 Å². The summed E-state index contributed by atoms with van der Waals surface area (Å²) in [6.07, 6.45) is 0. The maximum absolute atomic E-state index is 2.45. The number of hydrogen-bond donors (Lipinski definition) is 0. The molecule has 0 aliphatic carbocycles. The first-order valence-electron chi connectivity index (χ1n) is 20.2. The van der Waals surface area contributed by atoms with E-state index in [1.54, 1.807) is 0 Å². The standard InChI is InChI=1S/C56H44N2/c1-56(2,3)42-34-36-44(37-35-42)57(52-32-12-10-26-48(52)50-30-16-21-40-20-15-28-46(54(40)50)39-18-6-4-7-19-39)45-25-14-22-41(38-45)47-29-17-31-51-49-27-11-13-33-53(49)58(55(47)51)43-23-8-5-9-24-43/h4-38H,1-3H3. The van der Waals surface area contributed by atoms with Crippen molar-refractivity contribution >= 4 is 49.6 Å². The van der Waals surface area contributed by atoms with Crippen LogP contribution in [0.4, 0.5) is 17.1 Å². The first-order chi connectivity index (χ1) is 28.4. The average Bonchev–Trinajstić information content (AvgIpc) is 3.62. The van der Waals surface area contributed by atoms with Gasteiger partial charge in [-0.15, -0.1) is 0 Å². The Kier molecular flexibility index (Phi) is 8.76. The molecule has 2 nitrogen and oxygen atoms in total. The molecule has 10 rings (SSSR count). The summed E-state index contributed by atoms with van der Waals surface area (Å²) < 4.78 is 2.43. The first kappa shape index (κ1) is 35.3. The summed E-state index contributed by atoms with van der Waals surface area (Å²) in [6, 6.07) is 77.5. The summed E-state index contributed by atoms with van der Waals surface area (Å²) >= 11 is 0. The summed E-state index contributed by atoms with van der Waals surface area (Å²) in [5.74, 6) is 0.